The Balaban J connectivity index is 2.00. The standard InChI is InChI=1S/C15H24FN3/c1-17-9-12-4-5-15(14(16)8-12)19(3)11-13-6-7-18(2)10-13/h4-5,8,13,17H,6-7,9-11H2,1-3H3. The van der Waals surface area contributed by atoms with Crippen molar-refractivity contribution < 1.29 is 4.39 Å². The van der Waals surface area contributed by atoms with Crippen molar-refractivity contribution in [1.29, 1.82) is 0 Å². The van der Waals surface area contributed by atoms with Crippen LogP contribution in [0.5, 0.6) is 0 Å². The van der Waals surface area contributed by atoms with Crippen molar-refractivity contribution >= 4 is 5.69 Å². The number of nitrogens with zero attached hydrogens (tertiary/aromatic N) is 2. The SMILES string of the molecule is CNCc1ccc(N(C)CC2CCN(C)C2)c(F)c1. The zero-order valence-corrected chi connectivity index (χ0v) is 12.1. The van der Waals surface area contributed by atoms with Gasteiger partial charge in [0.2, 0.25) is 0 Å². The number of rotatable bonds is 5. The Morgan fingerprint density at radius 3 is 2.84 bits per heavy atom. The van der Waals surface area contributed by atoms with Gasteiger partial charge in [-0.3, -0.25) is 0 Å². The molecule has 0 radical (unpaired) electrons. The van der Waals surface area contributed by atoms with Gasteiger partial charge >= 0.3 is 0 Å². The second kappa shape index (κ2) is 6.35. The van der Waals surface area contributed by atoms with Crippen LogP contribution in [0, 0.1) is 11.7 Å². The molecular formula is C15H24FN3. The van der Waals surface area contributed by atoms with Crippen LogP contribution in [0.25, 0.3) is 0 Å². The number of halogens is 1. The lowest BCUT2D eigenvalue weighted by atomic mass is 10.1. The molecule has 1 aromatic rings. The Labute approximate surface area is 115 Å². The summed E-state index contributed by atoms with van der Waals surface area (Å²) >= 11 is 0. The van der Waals surface area contributed by atoms with E-state index in [0.717, 1.165) is 25.2 Å². The van der Waals surface area contributed by atoms with Gasteiger partial charge in [-0.2, -0.15) is 0 Å². The largest absolute Gasteiger partial charge is 0.372 e. The van der Waals surface area contributed by atoms with Crippen molar-refractivity contribution in [2.45, 2.75) is 13.0 Å². The number of anilines is 1. The molecule has 1 heterocycles. The first-order chi connectivity index (χ1) is 9.10. The van der Waals surface area contributed by atoms with Gasteiger partial charge in [0.1, 0.15) is 5.82 Å². The Kier molecular flexibility index (Phi) is 4.77. The summed E-state index contributed by atoms with van der Waals surface area (Å²) in [6, 6.07) is 5.51. The normalized spacial score (nSPS) is 19.9. The van der Waals surface area contributed by atoms with E-state index in [9.17, 15) is 4.39 Å². The molecule has 4 heteroatoms. The van der Waals surface area contributed by atoms with E-state index in [1.54, 1.807) is 6.07 Å². The smallest absolute Gasteiger partial charge is 0.146 e. The maximum atomic E-state index is 14.1. The van der Waals surface area contributed by atoms with E-state index in [1.165, 1.54) is 6.42 Å². The van der Waals surface area contributed by atoms with Crippen molar-refractivity contribution in [1.82, 2.24) is 10.2 Å². The van der Waals surface area contributed by atoms with Crippen molar-refractivity contribution in [2.24, 2.45) is 5.92 Å². The second-order valence-corrected chi connectivity index (χ2v) is 5.61. The van der Waals surface area contributed by atoms with Gasteiger partial charge in [-0.25, -0.2) is 4.39 Å². The predicted octanol–water partition coefficient (Wildman–Crippen LogP) is 1.93. The van der Waals surface area contributed by atoms with Crippen molar-refractivity contribution in [3.63, 3.8) is 0 Å². The lowest BCUT2D eigenvalue weighted by Gasteiger charge is -2.24. The summed E-state index contributed by atoms with van der Waals surface area (Å²) in [4.78, 5) is 4.38. The van der Waals surface area contributed by atoms with Crippen LogP contribution in [-0.2, 0) is 6.54 Å². The van der Waals surface area contributed by atoms with E-state index < -0.39 is 0 Å². The monoisotopic (exact) mass is 265 g/mol. The summed E-state index contributed by atoms with van der Waals surface area (Å²) in [7, 11) is 6.00. The highest BCUT2D eigenvalue weighted by molar-refractivity contribution is 5.48. The highest BCUT2D eigenvalue weighted by Crippen LogP contribution is 2.23. The summed E-state index contributed by atoms with van der Waals surface area (Å²) in [6.07, 6.45) is 1.21. The van der Waals surface area contributed by atoms with Crippen LogP contribution < -0.4 is 10.2 Å². The van der Waals surface area contributed by atoms with E-state index in [4.69, 9.17) is 0 Å². The second-order valence-electron chi connectivity index (χ2n) is 5.61. The summed E-state index contributed by atoms with van der Waals surface area (Å²) in [5.41, 5.74) is 1.69. The van der Waals surface area contributed by atoms with Crippen LogP contribution in [0.3, 0.4) is 0 Å². The molecule has 0 saturated carbocycles. The van der Waals surface area contributed by atoms with Crippen LogP contribution in [0.4, 0.5) is 10.1 Å². The first-order valence-corrected chi connectivity index (χ1v) is 6.93. The Morgan fingerprint density at radius 1 is 1.47 bits per heavy atom. The van der Waals surface area contributed by atoms with E-state index in [-0.39, 0.29) is 5.82 Å². The molecule has 0 aliphatic carbocycles. The molecular weight excluding hydrogens is 241 g/mol. The van der Waals surface area contributed by atoms with Crippen molar-refractivity contribution in [3.05, 3.63) is 29.6 Å². The van der Waals surface area contributed by atoms with Gasteiger partial charge in [0.15, 0.2) is 0 Å². The lowest BCUT2D eigenvalue weighted by molar-refractivity contribution is 0.395. The van der Waals surface area contributed by atoms with Crippen molar-refractivity contribution in [3.8, 4) is 0 Å². The third-order valence-electron chi connectivity index (χ3n) is 3.83. The third-order valence-corrected chi connectivity index (χ3v) is 3.83. The number of benzene rings is 1. The van der Waals surface area contributed by atoms with E-state index in [0.29, 0.717) is 18.2 Å². The molecule has 0 aromatic heterocycles. The molecule has 1 saturated heterocycles. The van der Waals surface area contributed by atoms with Gasteiger partial charge in [-0.1, -0.05) is 6.07 Å². The molecule has 0 spiro atoms. The molecule has 1 fully saturated rings. The zero-order chi connectivity index (χ0) is 13.8. The molecule has 2 rings (SSSR count). The highest BCUT2D eigenvalue weighted by atomic mass is 19.1. The summed E-state index contributed by atoms with van der Waals surface area (Å²) < 4.78 is 14.1. The summed E-state index contributed by atoms with van der Waals surface area (Å²) in [6.45, 7) is 3.90. The summed E-state index contributed by atoms with van der Waals surface area (Å²) in [5.74, 6) is 0.521. The fraction of sp³-hybridized carbons (Fsp3) is 0.600. The average molecular weight is 265 g/mol. The van der Waals surface area contributed by atoms with Gasteiger partial charge in [0, 0.05) is 26.7 Å². The van der Waals surface area contributed by atoms with Gasteiger partial charge in [0.05, 0.1) is 5.69 Å². The van der Waals surface area contributed by atoms with E-state index in [2.05, 4.69) is 17.3 Å². The number of hydrogen-bond donors (Lipinski definition) is 1. The maximum absolute atomic E-state index is 14.1. The van der Waals surface area contributed by atoms with Gasteiger partial charge < -0.3 is 15.1 Å². The van der Waals surface area contributed by atoms with Crippen LogP contribution in [-0.4, -0.2) is 45.7 Å². The van der Waals surface area contributed by atoms with E-state index in [1.807, 2.05) is 31.1 Å². The first kappa shape index (κ1) is 14.3. The number of nitrogens with one attached hydrogen (secondary N) is 1. The lowest BCUT2D eigenvalue weighted by Crippen LogP contribution is -2.27. The molecule has 0 amide bonds. The third kappa shape index (κ3) is 3.67. The molecule has 1 aromatic carbocycles. The molecule has 19 heavy (non-hydrogen) atoms. The van der Waals surface area contributed by atoms with E-state index >= 15 is 0 Å². The predicted molar refractivity (Wildman–Crippen MR) is 78.0 cm³/mol. The van der Waals surface area contributed by atoms with Gasteiger partial charge in [0.25, 0.3) is 0 Å². The van der Waals surface area contributed by atoms with Gasteiger partial charge in [-0.05, 0) is 50.7 Å². The first-order valence-electron chi connectivity index (χ1n) is 6.93. The fourth-order valence-electron chi connectivity index (χ4n) is 2.84. The van der Waals surface area contributed by atoms with Crippen LogP contribution in [0.15, 0.2) is 18.2 Å². The number of likely N-dealkylation sites (tertiary alicyclic amines) is 1. The zero-order valence-electron chi connectivity index (χ0n) is 12.1. The number of hydrogen-bond acceptors (Lipinski definition) is 3. The molecule has 106 valence electrons. The molecule has 1 unspecified atom stereocenters. The Morgan fingerprint density at radius 2 is 2.26 bits per heavy atom. The van der Waals surface area contributed by atoms with Crippen LogP contribution >= 0.6 is 0 Å². The molecule has 1 aliphatic heterocycles. The van der Waals surface area contributed by atoms with Crippen molar-refractivity contribution in [2.75, 3.05) is 45.7 Å². The molecule has 3 nitrogen and oxygen atoms in total. The Bertz CT molecular complexity index is 422. The minimum Gasteiger partial charge on any atom is -0.372 e. The van der Waals surface area contributed by atoms with Gasteiger partial charge in [-0.15, -0.1) is 0 Å². The topological polar surface area (TPSA) is 18.5 Å². The minimum absolute atomic E-state index is 0.124. The fourth-order valence-corrected chi connectivity index (χ4v) is 2.84. The maximum Gasteiger partial charge on any atom is 0.146 e. The molecule has 1 atom stereocenters. The average Bonchev–Trinajstić information content (AvgIpc) is 2.75. The van der Waals surface area contributed by atoms with Crippen LogP contribution in [0.2, 0.25) is 0 Å². The minimum atomic E-state index is -0.124. The summed E-state index contributed by atoms with van der Waals surface area (Å²) in [5, 5.41) is 3.04. The molecule has 1 aliphatic rings. The molecule has 1 N–H and O–H groups in total. The molecule has 0 bridgehead atoms. The highest BCUT2D eigenvalue weighted by Gasteiger charge is 2.21. The quantitative estimate of drug-likeness (QED) is 0.877. The Hall–Kier alpha value is -1.13. The van der Waals surface area contributed by atoms with Crippen LogP contribution in [0.1, 0.15) is 12.0 Å².